The maximum atomic E-state index is 14.4. The van der Waals surface area contributed by atoms with Gasteiger partial charge in [0.15, 0.2) is 0 Å². The third kappa shape index (κ3) is 4.44. The van der Waals surface area contributed by atoms with Crippen LogP contribution in [0.2, 0.25) is 0 Å². The molecule has 10 rings (SSSR count). The van der Waals surface area contributed by atoms with Crippen LogP contribution >= 0.6 is 0 Å². The van der Waals surface area contributed by atoms with Crippen LogP contribution in [-0.4, -0.2) is 18.0 Å². The van der Waals surface area contributed by atoms with Crippen molar-refractivity contribution in [2.75, 3.05) is 0 Å². The van der Waals surface area contributed by atoms with Crippen molar-refractivity contribution in [3.8, 4) is 50.5 Å². The van der Waals surface area contributed by atoms with Gasteiger partial charge in [-0.15, -0.1) is 0 Å². The molecule has 236 valence electrons. The van der Waals surface area contributed by atoms with Gasteiger partial charge in [-0.25, -0.2) is 13.4 Å². The van der Waals surface area contributed by atoms with Gasteiger partial charge in [0.25, 0.3) is 0 Å². The highest BCUT2D eigenvalue weighted by Crippen LogP contribution is 2.44. The average Bonchev–Trinajstić information content (AvgIpc) is 3.57. The van der Waals surface area contributed by atoms with Crippen LogP contribution in [0.15, 0.2) is 180 Å². The molecule has 0 radical (unpaired) electrons. The van der Waals surface area contributed by atoms with Crippen molar-refractivity contribution in [2.24, 2.45) is 0 Å². The molecule has 0 bridgehead atoms. The number of aromatic nitrogens is 2. The Labute approximate surface area is 289 Å². The van der Waals surface area contributed by atoms with Crippen LogP contribution < -0.4 is 0 Å². The van der Waals surface area contributed by atoms with E-state index in [0.29, 0.717) is 22.5 Å². The maximum absolute atomic E-state index is 14.4. The Morgan fingerprint density at radius 2 is 0.940 bits per heavy atom. The summed E-state index contributed by atoms with van der Waals surface area (Å²) < 4.78 is 30.8. The van der Waals surface area contributed by atoms with E-state index in [1.54, 1.807) is 12.1 Å². The van der Waals surface area contributed by atoms with E-state index < -0.39 is 9.84 Å². The molecule has 0 spiro atoms. The topological polar surface area (TPSA) is 52.0 Å². The molecule has 5 heteroatoms. The summed E-state index contributed by atoms with van der Waals surface area (Å²) in [5, 5.41) is 4.71. The molecule has 1 aliphatic rings. The molecule has 0 amide bonds. The molecule has 0 atom stereocenters. The highest BCUT2D eigenvalue weighted by Gasteiger charge is 2.34. The molecule has 0 unspecified atom stereocenters. The molecule has 1 aromatic heterocycles. The Hall–Kier alpha value is -6.30. The van der Waals surface area contributed by atoms with Crippen LogP contribution in [0.3, 0.4) is 0 Å². The predicted octanol–water partition coefficient (Wildman–Crippen LogP) is 11.1. The van der Waals surface area contributed by atoms with E-state index in [0.717, 1.165) is 38.9 Å². The van der Waals surface area contributed by atoms with Crippen molar-refractivity contribution in [3.05, 3.63) is 170 Å². The number of benzene rings is 8. The van der Waals surface area contributed by atoms with Gasteiger partial charge in [0.05, 0.1) is 26.5 Å². The summed E-state index contributed by atoms with van der Waals surface area (Å²) in [6.45, 7) is 0. The Morgan fingerprint density at radius 1 is 0.400 bits per heavy atom. The van der Waals surface area contributed by atoms with E-state index in [4.69, 9.17) is 4.98 Å². The Morgan fingerprint density at radius 3 is 1.56 bits per heavy atom. The van der Waals surface area contributed by atoms with E-state index in [-0.39, 0.29) is 9.79 Å². The lowest BCUT2D eigenvalue weighted by atomic mass is 9.92. The minimum atomic E-state index is -3.84. The largest absolute Gasteiger partial charge is 0.290 e. The molecule has 0 N–H and O–H groups in total. The van der Waals surface area contributed by atoms with Crippen molar-refractivity contribution >= 4 is 42.4 Å². The van der Waals surface area contributed by atoms with E-state index in [1.807, 2.05) is 59.2 Å². The van der Waals surface area contributed by atoms with Gasteiger partial charge in [-0.1, -0.05) is 115 Å². The van der Waals surface area contributed by atoms with Gasteiger partial charge < -0.3 is 0 Å². The molecular weight excluding hydrogens is 633 g/mol. The highest BCUT2D eigenvalue weighted by atomic mass is 32.2. The van der Waals surface area contributed by atoms with Crippen LogP contribution in [-0.2, 0) is 9.84 Å². The van der Waals surface area contributed by atoms with Crippen molar-refractivity contribution < 1.29 is 8.42 Å². The number of imidazole rings is 1. The number of hydrogen-bond acceptors (Lipinski definition) is 3. The molecule has 0 saturated carbocycles. The van der Waals surface area contributed by atoms with Crippen LogP contribution in [0.4, 0.5) is 0 Å². The van der Waals surface area contributed by atoms with Crippen LogP contribution in [0.5, 0.6) is 0 Å². The third-order valence-corrected chi connectivity index (χ3v) is 11.7. The number of rotatable bonds is 4. The second-order valence-electron chi connectivity index (χ2n) is 12.9. The first-order valence-electron chi connectivity index (χ1n) is 16.6. The first-order chi connectivity index (χ1) is 24.5. The zero-order chi connectivity index (χ0) is 33.4. The lowest BCUT2D eigenvalue weighted by Gasteiger charge is -2.22. The molecule has 4 nitrogen and oxygen atoms in total. The quantitative estimate of drug-likeness (QED) is 0.189. The molecule has 9 aromatic rings. The van der Waals surface area contributed by atoms with Gasteiger partial charge in [-0.2, -0.15) is 0 Å². The standard InChI is InChI=1S/C45H28N2O2S/c48-50(49)42-16-8-15-40-44(42)47(45(46-40)31-11-2-1-3-12-31)41-22-21-36(28-43(41)50)39-26-37(34-19-17-29-9-4-6-13-32(29)23-34)25-38(27-39)35-20-18-30-10-5-7-14-33(30)24-35/h1-28H. The molecular formula is C45H28N2O2S. The number of sulfone groups is 1. The number of nitrogens with zero attached hydrogens (tertiary/aromatic N) is 2. The van der Waals surface area contributed by atoms with Gasteiger partial charge in [0.1, 0.15) is 5.82 Å². The highest BCUT2D eigenvalue weighted by molar-refractivity contribution is 7.92. The van der Waals surface area contributed by atoms with Crippen molar-refractivity contribution in [1.82, 2.24) is 9.55 Å². The minimum Gasteiger partial charge on any atom is -0.290 e. The zero-order valence-electron chi connectivity index (χ0n) is 26.8. The first kappa shape index (κ1) is 28.7. The average molecular weight is 661 g/mol. The Bertz CT molecular complexity index is 2850. The molecule has 8 aromatic carbocycles. The van der Waals surface area contributed by atoms with Gasteiger partial charge in [-0.05, 0) is 110 Å². The van der Waals surface area contributed by atoms with Crippen molar-refractivity contribution in [2.45, 2.75) is 9.79 Å². The molecule has 0 aliphatic carbocycles. The summed E-state index contributed by atoms with van der Waals surface area (Å²) in [4.78, 5) is 5.48. The summed E-state index contributed by atoms with van der Waals surface area (Å²) in [7, 11) is -3.84. The Balaban J connectivity index is 1.20. The smallest absolute Gasteiger partial charge is 0.210 e. The normalized spacial score (nSPS) is 13.1. The van der Waals surface area contributed by atoms with Crippen molar-refractivity contribution in [3.63, 3.8) is 0 Å². The Kier molecular flexibility index (Phi) is 6.23. The van der Waals surface area contributed by atoms with E-state index in [2.05, 4.69) is 103 Å². The van der Waals surface area contributed by atoms with Crippen molar-refractivity contribution in [1.29, 1.82) is 0 Å². The third-order valence-electron chi connectivity index (χ3n) is 9.88. The summed E-state index contributed by atoms with van der Waals surface area (Å²) in [6, 6.07) is 57.5. The van der Waals surface area contributed by atoms with Crippen LogP contribution in [0, 0.1) is 0 Å². The van der Waals surface area contributed by atoms with E-state index >= 15 is 0 Å². The summed E-state index contributed by atoms with van der Waals surface area (Å²) in [5.41, 5.74) is 8.88. The van der Waals surface area contributed by atoms with Gasteiger partial charge in [0.2, 0.25) is 9.84 Å². The lowest BCUT2D eigenvalue weighted by Crippen LogP contribution is -2.15. The van der Waals surface area contributed by atoms with E-state index in [9.17, 15) is 8.42 Å². The van der Waals surface area contributed by atoms with Crippen LogP contribution in [0.25, 0.3) is 83.0 Å². The second-order valence-corrected chi connectivity index (χ2v) is 14.8. The summed E-state index contributed by atoms with van der Waals surface area (Å²) >= 11 is 0. The van der Waals surface area contributed by atoms with Gasteiger partial charge in [0, 0.05) is 5.56 Å². The molecule has 1 aliphatic heterocycles. The monoisotopic (exact) mass is 660 g/mol. The SMILES string of the molecule is O=S1(=O)c2cc(-c3cc(-c4ccc5ccccc5c4)cc(-c4ccc5ccccc5c4)c3)ccc2-n2c(-c3ccccc3)nc3cccc1c32. The maximum Gasteiger partial charge on any atom is 0.210 e. The minimum absolute atomic E-state index is 0.272. The summed E-state index contributed by atoms with van der Waals surface area (Å²) in [5.74, 6) is 0.717. The van der Waals surface area contributed by atoms with Crippen LogP contribution in [0.1, 0.15) is 0 Å². The fraction of sp³-hybridized carbons (Fsp3) is 0. The molecule has 0 saturated heterocycles. The van der Waals surface area contributed by atoms with Gasteiger partial charge in [-0.3, -0.25) is 4.57 Å². The fourth-order valence-electron chi connectivity index (χ4n) is 7.41. The zero-order valence-corrected chi connectivity index (χ0v) is 27.6. The number of para-hydroxylation sites is 1. The lowest BCUT2D eigenvalue weighted by molar-refractivity contribution is 0.594. The molecule has 0 fully saturated rings. The number of hydrogen-bond donors (Lipinski definition) is 0. The van der Waals surface area contributed by atoms with Gasteiger partial charge >= 0.3 is 0 Å². The molecule has 2 heterocycles. The number of fused-ring (bicyclic) bond motifs is 4. The first-order valence-corrected chi connectivity index (χ1v) is 18.1. The predicted molar refractivity (Wildman–Crippen MR) is 203 cm³/mol. The molecule has 50 heavy (non-hydrogen) atoms. The summed E-state index contributed by atoms with van der Waals surface area (Å²) in [6.07, 6.45) is 0. The fourth-order valence-corrected chi connectivity index (χ4v) is 9.07. The van der Waals surface area contributed by atoms with E-state index in [1.165, 1.54) is 21.5 Å². The second kappa shape index (κ2) is 10.9.